The van der Waals surface area contributed by atoms with Gasteiger partial charge in [0, 0.05) is 93.0 Å². The average molecular weight is 954 g/mol. The molecule has 1 aliphatic rings. The van der Waals surface area contributed by atoms with Gasteiger partial charge in [-0.2, -0.15) is 10.2 Å². The Hall–Kier alpha value is -8.76. The quantitative estimate of drug-likeness (QED) is 0.0562. The van der Waals surface area contributed by atoms with Gasteiger partial charge in [0.05, 0.1) is 30.4 Å². The van der Waals surface area contributed by atoms with Crippen LogP contribution in [0.1, 0.15) is 69.4 Å². The van der Waals surface area contributed by atoms with E-state index < -0.39 is 29.5 Å². The summed E-state index contributed by atoms with van der Waals surface area (Å²) < 4.78 is 19.1. The number of amides is 6. The van der Waals surface area contributed by atoms with E-state index in [-0.39, 0.29) is 67.9 Å². The summed E-state index contributed by atoms with van der Waals surface area (Å²) in [6.07, 6.45) is 8.08. The van der Waals surface area contributed by atoms with E-state index in [9.17, 15) is 28.8 Å². The highest BCUT2D eigenvalue weighted by Crippen LogP contribution is 2.36. The third-order valence-corrected chi connectivity index (χ3v) is 11.7. The van der Waals surface area contributed by atoms with Gasteiger partial charge in [-0.05, 0) is 64.4 Å². The van der Waals surface area contributed by atoms with E-state index in [1.807, 2.05) is 30.6 Å². The third kappa shape index (κ3) is 9.40. The minimum absolute atomic E-state index is 0.0382. The Labute approximate surface area is 399 Å². The molecule has 2 aromatic carbocycles. The van der Waals surface area contributed by atoms with Gasteiger partial charge >= 0.3 is 0 Å². The summed E-state index contributed by atoms with van der Waals surface area (Å²) in [6, 6.07) is 7.95. The molecule has 0 saturated carbocycles. The lowest BCUT2D eigenvalue weighted by Crippen LogP contribution is -2.36. The molecule has 362 valence electrons. The van der Waals surface area contributed by atoms with Gasteiger partial charge < -0.3 is 35.0 Å². The van der Waals surface area contributed by atoms with E-state index >= 15 is 0 Å². The molecule has 0 fully saturated rings. The van der Waals surface area contributed by atoms with Crippen molar-refractivity contribution in [3.05, 3.63) is 89.2 Å². The highest BCUT2D eigenvalue weighted by molar-refractivity contribution is 6.13. The summed E-state index contributed by atoms with van der Waals surface area (Å²) in [4.78, 5) is 97.4. The predicted molar refractivity (Wildman–Crippen MR) is 256 cm³/mol. The maximum Gasteiger partial charge on any atom is 0.276 e. The molecule has 23 heteroatoms. The number of ether oxygens (including phenoxy) is 2. The number of imidazole rings is 1. The lowest BCUT2D eigenvalue weighted by molar-refractivity contribution is -0.138. The van der Waals surface area contributed by atoms with Crippen LogP contribution in [0.5, 0.6) is 11.5 Å². The molecule has 0 radical (unpaired) electrons. The summed E-state index contributed by atoms with van der Waals surface area (Å²) in [5, 5.41) is 13.1. The van der Waals surface area contributed by atoms with Gasteiger partial charge in [-0.3, -0.25) is 43.7 Å². The zero-order valence-electron chi connectivity index (χ0n) is 39.4. The van der Waals surface area contributed by atoms with Gasteiger partial charge in [0.25, 0.3) is 17.7 Å². The molecule has 0 aliphatic carbocycles. The molecule has 7 aromatic rings. The van der Waals surface area contributed by atoms with Crippen LogP contribution in [-0.4, -0.2) is 128 Å². The molecular formula is C47H51N15O8. The second-order valence-corrected chi connectivity index (χ2v) is 16.4. The molecule has 5 aromatic heterocycles. The zero-order chi connectivity index (χ0) is 50.0. The topological polar surface area (TPSA) is 288 Å². The number of benzene rings is 2. The molecule has 70 heavy (non-hydrogen) atoms. The Morgan fingerprint density at radius 1 is 0.814 bits per heavy atom. The molecular weight excluding hydrogens is 903 g/mol. The maximum atomic E-state index is 13.9. The normalized spacial score (nSPS) is 12.6. The molecule has 0 unspecified atom stereocenters. The first-order chi connectivity index (χ1) is 33.6. The first-order valence-electron chi connectivity index (χ1n) is 22.4. The van der Waals surface area contributed by atoms with Crippen molar-refractivity contribution < 1.29 is 38.2 Å². The number of nitrogens with zero attached hydrogens (tertiary/aromatic N) is 12. The Balaban J connectivity index is 1.13. The van der Waals surface area contributed by atoms with Crippen LogP contribution < -0.4 is 26.3 Å². The molecule has 5 N–H and O–H groups in total. The molecule has 0 bridgehead atoms. The number of allylic oxidation sites excluding steroid dienone is 2. The predicted octanol–water partition coefficient (Wildman–Crippen LogP) is 3.30. The number of hydrogen-bond acceptors (Lipinski definition) is 14. The van der Waals surface area contributed by atoms with E-state index in [0.717, 1.165) is 4.90 Å². The average Bonchev–Trinajstić information content (AvgIpc) is 4.16. The van der Waals surface area contributed by atoms with Crippen LogP contribution in [0.25, 0.3) is 44.6 Å². The second kappa shape index (κ2) is 19.8. The van der Waals surface area contributed by atoms with Gasteiger partial charge in [0.2, 0.25) is 23.7 Å². The second-order valence-electron chi connectivity index (χ2n) is 16.4. The minimum Gasteiger partial charge on any atom is -0.495 e. The van der Waals surface area contributed by atoms with Crippen molar-refractivity contribution in [2.24, 2.45) is 11.5 Å². The van der Waals surface area contributed by atoms with Gasteiger partial charge in [0.1, 0.15) is 34.2 Å². The van der Waals surface area contributed by atoms with Crippen molar-refractivity contribution >= 4 is 74.4 Å². The Bertz CT molecular complexity index is 3300. The number of carbonyl (C=O) groups excluding carboxylic acids is 6. The van der Waals surface area contributed by atoms with Crippen molar-refractivity contribution in [1.29, 1.82) is 0 Å². The molecule has 0 saturated heterocycles. The van der Waals surface area contributed by atoms with Crippen molar-refractivity contribution in [1.82, 2.24) is 58.4 Å². The summed E-state index contributed by atoms with van der Waals surface area (Å²) in [7, 11) is 3.11. The number of hydrogen-bond donors (Lipinski definition) is 3. The maximum absolute atomic E-state index is 13.9. The molecule has 0 atom stereocenters. The largest absolute Gasteiger partial charge is 0.495 e. The molecule has 23 nitrogen and oxygen atoms in total. The number of nitrogens with two attached hydrogens (primary N) is 2. The first kappa shape index (κ1) is 47.7. The molecule has 6 heterocycles. The standard InChI is InChI=1S/C47H51N15O8/c1-7-61-33(20-26(3)55-61)46(68)54-47-52-32-22-29(42(49)67)24-35(70-19-11-15-57(5)36(63)14-18-58-37(64)12-13-38(58)65)40(32)60(47)17-10-9-16-59-39-30(21-28(41(48)66)23-34(39)69-6)31-25-50-43(53-44(31)59)45-51-27(4)56-62(45)8-2/h9-10,12-13,20-25H,7-8,11,14-19H2,1-6H3,(H2,48,66)(H2,49,67)(H,52,54,68)/b10-9+. The van der Waals surface area contributed by atoms with Crippen LogP contribution in [0.4, 0.5) is 5.95 Å². The number of imide groups is 1. The lowest BCUT2D eigenvalue weighted by Gasteiger charge is -2.19. The lowest BCUT2D eigenvalue weighted by atomic mass is 10.1. The smallest absolute Gasteiger partial charge is 0.276 e. The highest BCUT2D eigenvalue weighted by Gasteiger charge is 2.26. The number of rotatable bonds is 20. The summed E-state index contributed by atoms with van der Waals surface area (Å²) >= 11 is 0. The van der Waals surface area contributed by atoms with Gasteiger partial charge in [-0.1, -0.05) is 12.2 Å². The van der Waals surface area contributed by atoms with Gasteiger partial charge in [-0.25, -0.2) is 24.6 Å². The summed E-state index contributed by atoms with van der Waals surface area (Å²) in [5.41, 5.74) is 14.7. The van der Waals surface area contributed by atoms with Crippen LogP contribution in [0.15, 0.2) is 60.8 Å². The highest BCUT2D eigenvalue weighted by atomic mass is 16.5. The summed E-state index contributed by atoms with van der Waals surface area (Å²) in [6.45, 7) is 9.04. The van der Waals surface area contributed by atoms with Gasteiger partial charge in [-0.15, -0.1) is 0 Å². The number of nitrogens with one attached hydrogen (secondary N) is 1. The fourth-order valence-corrected chi connectivity index (χ4v) is 8.30. The summed E-state index contributed by atoms with van der Waals surface area (Å²) in [5.74, 6) is -0.876. The number of fused-ring (bicyclic) bond motifs is 4. The van der Waals surface area contributed by atoms with E-state index in [2.05, 4.69) is 25.5 Å². The molecule has 1 aliphatic heterocycles. The first-order valence-corrected chi connectivity index (χ1v) is 22.4. The number of methoxy groups -OCH3 is 1. The van der Waals surface area contributed by atoms with Crippen LogP contribution >= 0.6 is 0 Å². The van der Waals surface area contributed by atoms with Crippen LogP contribution in [0.2, 0.25) is 0 Å². The minimum atomic E-state index is -0.730. The van der Waals surface area contributed by atoms with Gasteiger partial charge in [0.15, 0.2) is 11.6 Å². The SMILES string of the molecule is CCn1nc(C)cc1C(=O)Nc1nc2cc(C(N)=O)cc(OCCCN(C)C(=O)CCN3C(=O)C=CC3=O)c2n1C/C=C/Cn1c2nc(-c3nc(C)nn3CC)ncc2c2cc(C(N)=O)cc(OC)c21. The fourth-order valence-electron chi connectivity index (χ4n) is 8.30. The Morgan fingerprint density at radius 2 is 1.50 bits per heavy atom. The van der Waals surface area contributed by atoms with Crippen LogP contribution in [0.3, 0.4) is 0 Å². The number of carbonyl (C=O) groups is 6. The van der Waals surface area contributed by atoms with Crippen molar-refractivity contribution in [3.8, 4) is 23.1 Å². The Morgan fingerprint density at radius 3 is 2.19 bits per heavy atom. The number of primary amides is 2. The fraction of sp³-hybridized carbons (Fsp3) is 0.319. The van der Waals surface area contributed by atoms with E-state index in [4.69, 9.17) is 30.9 Å². The van der Waals surface area contributed by atoms with Crippen LogP contribution in [-0.2, 0) is 40.6 Å². The zero-order valence-corrected chi connectivity index (χ0v) is 39.4. The number of aryl methyl sites for hydroxylation is 4. The molecule has 6 amide bonds. The van der Waals surface area contributed by atoms with Crippen LogP contribution in [0, 0.1) is 13.8 Å². The van der Waals surface area contributed by atoms with E-state index in [0.29, 0.717) is 87.1 Å². The Kier molecular flexibility index (Phi) is 13.5. The van der Waals surface area contributed by atoms with E-state index in [1.54, 1.807) is 59.2 Å². The van der Waals surface area contributed by atoms with E-state index in [1.165, 1.54) is 36.3 Å². The van der Waals surface area contributed by atoms with Crippen molar-refractivity contribution in [2.75, 3.05) is 39.2 Å². The monoisotopic (exact) mass is 953 g/mol. The number of anilines is 1. The number of aromatic nitrogens is 10. The third-order valence-electron chi connectivity index (χ3n) is 11.7. The van der Waals surface area contributed by atoms with Crippen molar-refractivity contribution in [2.45, 2.75) is 66.7 Å². The van der Waals surface area contributed by atoms with Crippen molar-refractivity contribution in [3.63, 3.8) is 0 Å². The molecule has 8 rings (SSSR count). The molecule has 0 spiro atoms.